The molecule has 150 valence electrons. The Balaban J connectivity index is 1.71. The van der Waals surface area contributed by atoms with E-state index in [4.69, 9.17) is 14.9 Å². The van der Waals surface area contributed by atoms with Gasteiger partial charge in [-0.15, -0.1) is 0 Å². The highest BCUT2D eigenvalue weighted by atomic mass is 16.5. The Morgan fingerprint density at radius 2 is 1.96 bits per heavy atom. The molecule has 1 aromatic carbocycles. The Kier molecular flexibility index (Phi) is 7.22. The van der Waals surface area contributed by atoms with Crippen LogP contribution in [-0.4, -0.2) is 49.1 Å². The van der Waals surface area contributed by atoms with Crippen molar-refractivity contribution < 1.29 is 18.7 Å². The van der Waals surface area contributed by atoms with Crippen LogP contribution < -0.4 is 10.6 Å². The van der Waals surface area contributed by atoms with Gasteiger partial charge in [0, 0.05) is 31.8 Å². The molecule has 1 aromatic heterocycles. The van der Waals surface area contributed by atoms with Crippen molar-refractivity contribution in [2.75, 3.05) is 31.1 Å². The minimum absolute atomic E-state index is 0.0861. The zero-order valence-electron chi connectivity index (χ0n) is 16.0. The molecule has 1 atom stereocenters. The number of anilines is 1. The first-order chi connectivity index (χ1) is 13.6. The van der Waals surface area contributed by atoms with E-state index in [0.717, 1.165) is 30.9 Å². The third kappa shape index (κ3) is 5.94. The van der Waals surface area contributed by atoms with Crippen LogP contribution in [0.5, 0.6) is 0 Å². The predicted octanol–water partition coefficient (Wildman–Crippen LogP) is 2.17. The molecule has 0 radical (unpaired) electrons. The number of nitrogens with two attached hydrogens (primary N) is 1. The standard InChI is InChI=1S/C21H27N3O4/c22-20(25)10-11-24(17-6-2-1-3-7-17)21(26)16-23(14-18-8-4-12-27-18)15-19-9-5-13-28-19/h1-4,6-8,12,19H,5,9-11,13-16H2,(H2,22,25). The lowest BCUT2D eigenvalue weighted by molar-refractivity contribution is -0.120. The van der Waals surface area contributed by atoms with Gasteiger partial charge in [-0.1, -0.05) is 18.2 Å². The van der Waals surface area contributed by atoms with Gasteiger partial charge < -0.3 is 19.8 Å². The number of para-hydroxylation sites is 1. The number of carbonyl (C=O) groups is 2. The second kappa shape index (κ2) is 10.1. The summed E-state index contributed by atoms with van der Waals surface area (Å²) in [4.78, 5) is 28.1. The molecule has 2 heterocycles. The molecule has 1 saturated heterocycles. The first kappa shape index (κ1) is 20.1. The van der Waals surface area contributed by atoms with E-state index in [1.807, 2.05) is 47.4 Å². The first-order valence-corrected chi connectivity index (χ1v) is 9.62. The summed E-state index contributed by atoms with van der Waals surface area (Å²) in [5.74, 6) is 0.284. The number of ether oxygens (including phenoxy) is 1. The van der Waals surface area contributed by atoms with Gasteiger partial charge in [0.2, 0.25) is 11.8 Å². The second-order valence-electron chi connectivity index (χ2n) is 6.98. The van der Waals surface area contributed by atoms with E-state index in [2.05, 4.69) is 0 Å². The van der Waals surface area contributed by atoms with Gasteiger partial charge in [0.1, 0.15) is 5.76 Å². The molecular formula is C21H27N3O4. The van der Waals surface area contributed by atoms with Crippen LogP contribution in [-0.2, 0) is 20.9 Å². The molecule has 2 N–H and O–H groups in total. The molecule has 7 nitrogen and oxygen atoms in total. The summed E-state index contributed by atoms with van der Waals surface area (Å²) in [6.45, 7) is 2.41. The summed E-state index contributed by atoms with van der Waals surface area (Å²) in [5, 5.41) is 0. The van der Waals surface area contributed by atoms with E-state index in [1.54, 1.807) is 11.2 Å². The van der Waals surface area contributed by atoms with Gasteiger partial charge in [0.15, 0.2) is 0 Å². The number of hydrogen-bond donors (Lipinski definition) is 1. The number of carbonyl (C=O) groups excluding carboxylic acids is 2. The molecule has 1 aliphatic rings. The Labute approximate surface area is 165 Å². The van der Waals surface area contributed by atoms with E-state index in [9.17, 15) is 9.59 Å². The molecule has 1 aliphatic heterocycles. The number of nitrogens with zero attached hydrogens (tertiary/aromatic N) is 2. The fraction of sp³-hybridized carbons (Fsp3) is 0.429. The molecule has 7 heteroatoms. The van der Waals surface area contributed by atoms with Crippen LogP contribution in [0.4, 0.5) is 5.69 Å². The molecule has 28 heavy (non-hydrogen) atoms. The van der Waals surface area contributed by atoms with E-state index in [1.165, 1.54) is 0 Å². The van der Waals surface area contributed by atoms with E-state index < -0.39 is 5.91 Å². The molecular weight excluding hydrogens is 358 g/mol. The quantitative estimate of drug-likeness (QED) is 0.677. The normalized spacial score (nSPS) is 16.4. The van der Waals surface area contributed by atoms with E-state index in [-0.39, 0.29) is 31.5 Å². The Morgan fingerprint density at radius 1 is 1.14 bits per heavy atom. The van der Waals surface area contributed by atoms with Gasteiger partial charge in [-0.3, -0.25) is 14.5 Å². The van der Waals surface area contributed by atoms with Crippen molar-refractivity contribution in [3.63, 3.8) is 0 Å². The number of rotatable bonds is 10. The maximum atomic E-state index is 13.1. The summed E-state index contributed by atoms with van der Waals surface area (Å²) < 4.78 is 11.2. The molecule has 1 fully saturated rings. The largest absolute Gasteiger partial charge is 0.468 e. The summed E-state index contributed by atoms with van der Waals surface area (Å²) in [7, 11) is 0. The molecule has 0 saturated carbocycles. The SMILES string of the molecule is NC(=O)CCN(C(=O)CN(Cc1ccco1)CC1CCCO1)c1ccccc1. The van der Waals surface area contributed by atoms with Crippen molar-refractivity contribution in [3.05, 3.63) is 54.5 Å². The Bertz CT molecular complexity index is 742. The van der Waals surface area contributed by atoms with Crippen LogP contribution in [0.25, 0.3) is 0 Å². The minimum Gasteiger partial charge on any atom is -0.468 e. The monoisotopic (exact) mass is 385 g/mol. The van der Waals surface area contributed by atoms with Gasteiger partial charge >= 0.3 is 0 Å². The smallest absolute Gasteiger partial charge is 0.241 e. The maximum Gasteiger partial charge on any atom is 0.241 e. The first-order valence-electron chi connectivity index (χ1n) is 9.62. The topological polar surface area (TPSA) is 89.0 Å². The lowest BCUT2D eigenvalue weighted by atomic mass is 10.2. The van der Waals surface area contributed by atoms with Crippen LogP contribution in [0.1, 0.15) is 25.0 Å². The van der Waals surface area contributed by atoms with Gasteiger partial charge in [-0.2, -0.15) is 0 Å². The predicted molar refractivity (Wildman–Crippen MR) is 106 cm³/mol. The number of furan rings is 1. The van der Waals surface area contributed by atoms with Crippen molar-refractivity contribution in [2.45, 2.75) is 31.9 Å². The van der Waals surface area contributed by atoms with Gasteiger partial charge in [-0.25, -0.2) is 0 Å². The second-order valence-corrected chi connectivity index (χ2v) is 6.98. The fourth-order valence-corrected chi connectivity index (χ4v) is 3.39. The Morgan fingerprint density at radius 3 is 2.61 bits per heavy atom. The average molecular weight is 385 g/mol. The molecule has 0 spiro atoms. The Hall–Kier alpha value is -2.64. The molecule has 0 bridgehead atoms. The van der Waals surface area contributed by atoms with Crippen molar-refractivity contribution in [2.24, 2.45) is 5.73 Å². The lowest BCUT2D eigenvalue weighted by Gasteiger charge is -2.28. The molecule has 2 aromatic rings. The van der Waals surface area contributed by atoms with Gasteiger partial charge in [0.05, 0.1) is 25.5 Å². The van der Waals surface area contributed by atoms with Crippen LogP contribution in [0.3, 0.4) is 0 Å². The molecule has 1 unspecified atom stereocenters. The van der Waals surface area contributed by atoms with Crippen LogP contribution in [0, 0.1) is 0 Å². The number of hydrogen-bond acceptors (Lipinski definition) is 5. The lowest BCUT2D eigenvalue weighted by Crippen LogP contribution is -2.43. The molecule has 0 aliphatic carbocycles. The highest BCUT2D eigenvalue weighted by Gasteiger charge is 2.24. The number of primary amides is 1. The highest BCUT2D eigenvalue weighted by molar-refractivity contribution is 5.95. The zero-order valence-corrected chi connectivity index (χ0v) is 16.0. The van der Waals surface area contributed by atoms with Crippen molar-refractivity contribution in [3.8, 4) is 0 Å². The van der Waals surface area contributed by atoms with Crippen molar-refractivity contribution in [1.29, 1.82) is 0 Å². The van der Waals surface area contributed by atoms with Crippen molar-refractivity contribution >= 4 is 17.5 Å². The fourth-order valence-electron chi connectivity index (χ4n) is 3.39. The van der Waals surface area contributed by atoms with Crippen LogP contribution >= 0.6 is 0 Å². The summed E-state index contributed by atoms with van der Waals surface area (Å²) >= 11 is 0. The number of amides is 2. The van der Waals surface area contributed by atoms with Crippen LogP contribution in [0.2, 0.25) is 0 Å². The minimum atomic E-state index is -0.430. The highest BCUT2D eigenvalue weighted by Crippen LogP contribution is 2.18. The molecule has 2 amide bonds. The van der Waals surface area contributed by atoms with E-state index >= 15 is 0 Å². The average Bonchev–Trinajstić information content (AvgIpc) is 3.37. The third-order valence-electron chi connectivity index (χ3n) is 4.75. The molecule has 3 rings (SSSR count). The zero-order chi connectivity index (χ0) is 19.8. The third-order valence-corrected chi connectivity index (χ3v) is 4.75. The van der Waals surface area contributed by atoms with Gasteiger partial charge in [-0.05, 0) is 37.1 Å². The number of benzene rings is 1. The van der Waals surface area contributed by atoms with Crippen LogP contribution in [0.15, 0.2) is 53.1 Å². The van der Waals surface area contributed by atoms with Gasteiger partial charge in [0.25, 0.3) is 0 Å². The van der Waals surface area contributed by atoms with Crippen molar-refractivity contribution in [1.82, 2.24) is 4.90 Å². The maximum absolute atomic E-state index is 13.1. The summed E-state index contributed by atoms with van der Waals surface area (Å²) in [6.07, 6.45) is 3.91. The van der Waals surface area contributed by atoms with E-state index in [0.29, 0.717) is 13.1 Å². The summed E-state index contributed by atoms with van der Waals surface area (Å²) in [5.41, 5.74) is 6.06. The summed E-state index contributed by atoms with van der Waals surface area (Å²) in [6, 6.07) is 13.1.